The third-order valence-corrected chi connectivity index (χ3v) is 4.57. The molecule has 5 nitrogen and oxygen atoms in total. The van der Waals surface area contributed by atoms with Crippen molar-refractivity contribution in [2.24, 2.45) is 5.73 Å². The maximum atomic E-state index is 12.2. The molecule has 0 aliphatic heterocycles. The SMILES string of the molecule is Cc1cc2occ(CC(=O)NCCc3cccc(C(N)=O)c3)c2cc1C. The molecule has 2 aromatic carbocycles. The van der Waals surface area contributed by atoms with Gasteiger partial charge in [0.1, 0.15) is 5.58 Å². The van der Waals surface area contributed by atoms with Gasteiger partial charge in [-0.1, -0.05) is 12.1 Å². The van der Waals surface area contributed by atoms with Gasteiger partial charge < -0.3 is 15.5 Å². The topological polar surface area (TPSA) is 85.3 Å². The van der Waals surface area contributed by atoms with E-state index < -0.39 is 5.91 Å². The first-order chi connectivity index (χ1) is 12.4. The molecule has 0 fully saturated rings. The molecule has 3 aromatic rings. The molecule has 134 valence electrons. The highest BCUT2D eigenvalue weighted by molar-refractivity contribution is 5.93. The first-order valence-corrected chi connectivity index (χ1v) is 8.57. The van der Waals surface area contributed by atoms with Crippen molar-refractivity contribution in [1.29, 1.82) is 0 Å². The lowest BCUT2D eigenvalue weighted by Gasteiger charge is -2.06. The minimum Gasteiger partial charge on any atom is -0.464 e. The molecule has 0 unspecified atom stereocenters. The molecule has 5 heteroatoms. The summed E-state index contributed by atoms with van der Waals surface area (Å²) in [5.74, 6) is -0.509. The number of amides is 2. The summed E-state index contributed by atoms with van der Waals surface area (Å²) >= 11 is 0. The van der Waals surface area contributed by atoms with Crippen molar-refractivity contribution < 1.29 is 14.0 Å². The van der Waals surface area contributed by atoms with Crippen LogP contribution in [0.3, 0.4) is 0 Å². The molecule has 0 aliphatic carbocycles. The molecule has 26 heavy (non-hydrogen) atoms. The highest BCUT2D eigenvalue weighted by atomic mass is 16.3. The van der Waals surface area contributed by atoms with E-state index >= 15 is 0 Å². The normalized spacial score (nSPS) is 10.8. The molecule has 1 heterocycles. The summed E-state index contributed by atoms with van der Waals surface area (Å²) in [4.78, 5) is 23.5. The molecule has 0 aliphatic rings. The molecule has 3 N–H and O–H groups in total. The van der Waals surface area contributed by atoms with Crippen LogP contribution in [0.2, 0.25) is 0 Å². The van der Waals surface area contributed by atoms with Crippen molar-refractivity contribution in [1.82, 2.24) is 5.32 Å². The monoisotopic (exact) mass is 350 g/mol. The fourth-order valence-corrected chi connectivity index (χ4v) is 2.93. The van der Waals surface area contributed by atoms with Crippen LogP contribution in [0.15, 0.2) is 47.1 Å². The molecular weight excluding hydrogens is 328 g/mol. The molecule has 3 rings (SSSR count). The Labute approximate surface area is 152 Å². The zero-order chi connectivity index (χ0) is 18.7. The van der Waals surface area contributed by atoms with Gasteiger partial charge in [-0.05, 0) is 61.2 Å². The average Bonchev–Trinajstić information content (AvgIpc) is 2.97. The van der Waals surface area contributed by atoms with E-state index in [9.17, 15) is 9.59 Å². The van der Waals surface area contributed by atoms with Gasteiger partial charge in [0.15, 0.2) is 0 Å². The van der Waals surface area contributed by atoms with Gasteiger partial charge in [-0.25, -0.2) is 0 Å². The van der Waals surface area contributed by atoms with Crippen LogP contribution in [-0.2, 0) is 17.6 Å². The third-order valence-electron chi connectivity index (χ3n) is 4.57. The predicted molar refractivity (Wildman–Crippen MR) is 101 cm³/mol. The third kappa shape index (κ3) is 3.94. The van der Waals surface area contributed by atoms with Crippen LogP contribution >= 0.6 is 0 Å². The van der Waals surface area contributed by atoms with Crippen LogP contribution in [0.1, 0.15) is 32.6 Å². The van der Waals surface area contributed by atoms with Crippen LogP contribution < -0.4 is 11.1 Å². The number of rotatable bonds is 6. The van der Waals surface area contributed by atoms with Crippen molar-refractivity contribution in [3.63, 3.8) is 0 Å². The lowest BCUT2D eigenvalue weighted by molar-refractivity contribution is -0.120. The predicted octanol–water partition coefficient (Wildman–Crippen LogP) is 3.05. The van der Waals surface area contributed by atoms with E-state index in [4.69, 9.17) is 10.2 Å². The lowest BCUT2D eigenvalue weighted by Crippen LogP contribution is -2.27. The molecule has 2 amide bonds. The fourth-order valence-electron chi connectivity index (χ4n) is 2.93. The summed E-state index contributed by atoms with van der Waals surface area (Å²) in [5.41, 5.74) is 10.8. The van der Waals surface area contributed by atoms with E-state index in [1.54, 1.807) is 24.5 Å². The zero-order valence-electron chi connectivity index (χ0n) is 15.0. The Morgan fingerprint density at radius 2 is 1.88 bits per heavy atom. The maximum absolute atomic E-state index is 12.2. The van der Waals surface area contributed by atoms with Crippen molar-refractivity contribution in [2.75, 3.05) is 6.54 Å². The van der Waals surface area contributed by atoms with Gasteiger partial charge in [-0.2, -0.15) is 0 Å². The summed E-state index contributed by atoms with van der Waals surface area (Å²) in [6.45, 7) is 4.58. The minimum atomic E-state index is -0.451. The van der Waals surface area contributed by atoms with E-state index in [0.717, 1.165) is 22.1 Å². The Morgan fingerprint density at radius 3 is 2.65 bits per heavy atom. The molecule has 0 saturated heterocycles. The highest BCUT2D eigenvalue weighted by Gasteiger charge is 2.11. The van der Waals surface area contributed by atoms with Crippen molar-refractivity contribution in [3.8, 4) is 0 Å². The van der Waals surface area contributed by atoms with E-state index in [0.29, 0.717) is 18.5 Å². The number of nitrogens with two attached hydrogens (primary N) is 1. The summed E-state index contributed by atoms with van der Waals surface area (Å²) in [5, 5.41) is 3.90. The number of nitrogens with one attached hydrogen (secondary N) is 1. The number of hydrogen-bond donors (Lipinski definition) is 2. The standard InChI is InChI=1S/C21H22N2O3/c1-13-8-18-17(12-26-19(18)9-14(13)2)11-20(24)23-7-6-15-4-3-5-16(10-15)21(22)25/h3-5,8-10,12H,6-7,11H2,1-2H3,(H2,22,25)(H,23,24). The number of primary amides is 1. The molecule has 0 saturated carbocycles. The van der Waals surface area contributed by atoms with Gasteiger partial charge in [-0.15, -0.1) is 0 Å². The summed E-state index contributed by atoms with van der Waals surface area (Å²) in [6.07, 6.45) is 2.56. The first-order valence-electron chi connectivity index (χ1n) is 8.57. The number of carbonyl (C=O) groups is 2. The van der Waals surface area contributed by atoms with Crippen molar-refractivity contribution in [3.05, 3.63) is 70.5 Å². The van der Waals surface area contributed by atoms with Crippen LogP contribution in [0, 0.1) is 13.8 Å². The Kier molecular flexibility index (Phi) is 5.07. The van der Waals surface area contributed by atoms with Crippen molar-refractivity contribution in [2.45, 2.75) is 26.7 Å². The number of benzene rings is 2. The Morgan fingerprint density at radius 1 is 1.12 bits per heavy atom. The minimum absolute atomic E-state index is 0.0583. The Hall–Kier alpha value is -3.08. The van der Waals surface area contributed by atoms with Crippen molar-refractivity contribution >= 4 is 22.8 Å². The lowest BCUT2D eigenvalue weighted by atomic mass is 10.0. The second-order valence-electron chi connectivity index (χ2n) is 6.53. The second-order valence-corrected chi connectivity index (χ2v) is 6.53. The van der Waals surface area contributed by atoms with Gasteiger partial charge >= 0.3 is 0 Å². The highest BCUT2D eigenvalue weighted by Crippen LogP contribution is 2.25. The number of carbonyl (C=O) groups excluding carboxylic acids is 2. The number of hydrogen-bond acceptors (Lipinski definition) is 3. The fraction of sp³-hybridized carbons (Fsp3) is 0.238. The van der Waals surface area contributed by atoms with Crippen LogP contribution in [0.5, 0.6) is 0 Å². The van der Waals surface area contributed by atoms with E-state index in [1.807, 2.05) is 26.0 Å². The summed E-state index contributed by atoms with van der Waals surface area (Å²) in [7, 11) is 0. The molecular formula is C21H22N2O3. The maximum Gasteiger partial charge on any atom is 0.248 e. The van der Waals surface area contributed by atoms with Gasteiger partial charge in [0.05, 0.1) is 12.7 Å². The molecule has 1 aromatic heterocycles. The van der Waals surface area contributed by atoms with Crippen LogP contribution in [-0.4, -0.2) is 18.4 Å². The van der Waals surface area contributed by atoms with E-state index in [1.165, 1.54) is 11.1 Å². The van der Waals surface area contributed by atoms with Gasteiger partial charge in [0.25, 0.3) is 0 Å². The zero-order valence-corrected chi connectivity index (χ0v) is 15.0. The summed E-state index contributed by atoms with van der Waals surface area (Å²) < 4.78 is 5.57. The number of fused-ring (bicyclic) bond motifs is 1. The second kappa shape index (κ2) is 7.44. The number of furan rings is 1. The smallest absolute Gasteiger partial charge is 0.248 e. The van der Waals surface area contributed by atoms with Gasteiger partial charge in [0, 0.05) is 23.1 Å². The first kappa shape index (κ1) is 17.7. The van der Waals surface area contributed by atoms with Gasteiger partial charge in [0.2, 0.25) is 11.8 Å². The molecule has 0 bridgehead atoms. The summed E-state index contributed by atoms with van der Waals surface area (Å²) in [6, 6.07) is 11.2. The molecule has 0 spiro atoms. The van der Waals surface area contributed by atoms with Crippen LogP contribution in [0.25, 0.3) is 11.0 Å². The Balaban J connectivity index is 1.59. The van der Waals surface area contributed by atoms with E-state index in [2.05, 4.69) is 11.4 Å². The average molecular weight is 350 g/mol. The van der Waals surface area contributed by atoms with E-state index in [-0.39, 0.29) is 12.3 Å². The van der Waals surface area contributed by atoms with Crippen LogP contribution in [0.4, 0.5) is 0 Å². The molecule has 0 atom stereocenters. The largest absolute Gasteiger partial charge is 0.464 e. The Bertz CT molecular complexity index is 973. The quantitative estimate of drug-likeness (QED) is 0.716. The number of aryl methyl sites for hydroxylation is 2. The van der Waals surface area contributed by atoms with Gasteiger partial charge in [-0.3, -0.25) is 9.59 Å². The molecule has 0 radical (unpaired) electrons.